The highest BCUT2D eigenvalue weighted by Crippen LogP contribution is 2.44. The maximum atomic E-state index is 12.7. The molecule has 0 saturated heterocycles. The first-order chi connectivity index (χ1) is 32.0. The molecule has 0 aromatic rings. The van der Waals surface area contributed by atoms with E-state index in [1.54, 1.807) is 6.08 Å². The third-order valence-corrected chi connectivity index (χ3v) is 12.3. The lowest BCUT2D eigenvalue weighted by molar-refractivity contribution is -0.161. The molecule has 0 aromatic carbocycles. The molecule has 0 spiro atoms. The van der Waals surface area contributed by atoms with Crippen LogP contribution in [0.5, 0.6) is 0 Å². The first kappa shape index (κ1) is 65.0. The first-order valence-electron chi connectivity index (χ1n) is 25.4. The number of hydrogen-bond donors (Lipinski definition) is 6. The van der Waals surface area contributed by atoms with Gasteiger partial charge in [-0.2, -0.15) is 0 Å². The minimum atomic E-state index is -4.90. The van der Waals surface area contributed by atoms with Crippen molar-refractivity contribution in [2.75, 3.05) is 26.4 Å². The fourth-order valence-electron chi connectivity index (χ4n) is 6.92. The number of hydrogen-bond acceptors (Lipinski definition) is 12. The number of carbonyl (C=O) groups is 2. The van der Waals surface area contributed by atoms with Gasteiger partial charge in [0, 0.05) is 12.8 Å². The van der Waals surface area contributed by atoms with Gasteiger partial charge < -0.3 is 39.5 Å². The van der Waals surface area contributed by atoms with E-state index in [2.05, 4.69) is 60.2 Å². The number of phosphoric ester groups is 2. The summed E-state index contributed by atoms with van der Waals surface area (Å²) < 4.78 is 47.8. The molecule has 15 nitrogen and oxygen atoms in total. The molecule has 0 fully saturated rings. The maximum absolute atomic E-state index is 12.7. The summed E-state index contributed by atoms with van der Waals surface area (Å²) in [5, 5.41) is 30.5. The molecule has 0 aliphatic carbocycles. The van der Waals surface area contributed by atoms with E-state index in [1.165, 1.54) is 89.9 Å². The molecule has 67 heavy (non-hydrogen) atoms. The third-order valence-electron chi connectivity index (χ3n) is 10.9. The molecule has 0 heterocycles. The van der Waals surface area contributed by atoms with Crippen molar-refractivity contribution in [3.63, 3.8) is 0 Å². The summed E-state index contributed by atoms with van der Waals surface area (Å²) in [5.74, 6) is -0.491. The highest BCUT2D eigenvalue weighted by atomic mass is 31.2. The molecule has 0 amide bonds. The van der Waals surface area contributed by atoms with Crippen LogP contribution in [0.1, 0.15) is 201 Å². The Kier molecular flexibility index (Phi) is 42.7. The monoisotopic (exact) mass is 995 g/mol. The molecular weight excluding hydrogens is 902 g/mol. The first-order valence-corrected chi connectivity index (χ1v) is 28.4. The smallest absolute Gasteiger partial charge is 0.462 e. The zero-order valence-corrected chi connectivity index (χ0v) is 43.2. The minimum absolute atomic E-state index is 0.0723. The van der Waals surface area contributed by atoms with Gasteiger partial charge in [-0.15, -0.1) is 0 Å². The number of aliphatic hydroxyl groups excluding tert-OH is 3. The van der Waals surface area contributed by atoms with E-state index >= 15 is 0 Å². The lowest BCUT2D eigenvalue weighted by Crippen LogP contribution is -2.30. The molecule has 0 rings (SSSR count). The molecule has 0 aliphatic heterocycles. The van der Waals surface area contributed by atoms with Crippen LogP contribution in [0.4, 0.5) is 0 Å². The van der Waals surface area contributed by atoms with Gasteiger partial charge in [-0.3, -0.25) is 23.2 Å². The second-order valence-electron chi connectivity index (χ2n) is 17.9. The van der Waals surface area contributed by atoms with Gasteiger partial charge in [0.2, 0.25) is 0 Å². The van der Waals surface area contributed by atoms with Crippen molar-refractivity contribution in [3.8, 4) is 0 Å². The number of unbranched alkanes of at least 4 members (excludes halogenated alkanes) is 17. The molecule has 6 N–H and O–H groups in total. The molecule has 0 aliphatic rings. The van der Waals surface area contributed by atoms with Crippen molar-refractivity contribution >= 4 is 27.6 Å². The second kappa shape index (κ2) is 44.0. The average Bonchev–Trinajstić information content (AvgIpc) is 3.27. The van der Waals surface area contributed by atoms with E-state index in [0.29, 0.717) is 12.8 Å². The van der Waals surface area contributed by atoms with Crippen LogP contribution in [-0.4, -0.2) is 92.8 Å². The summed E-state index contributed by atoms with van der Waals surface area (Å²) in [7, 11) is -9.78. The molecule has 392 valence electrons. The molecule has 5 atom stereocenters. The van der Waals surface area contributed by atoms with Crippen molar-refractivity contribution in [3.05, 3.63) is 48.6 Å². The Morgan fingerprint density at radius 2 is 0.925 bits per heavy atom. The molecular formula is C50H92O15P2. The van der Waals surface area contributed by atoms with Gasteiger partial charge in [0.25, 0.3) is 0 Å². The van der Waals surface area contributed by atoms with Crippen LogP contribution in [-0.2, 0) is 41.8 Å². The number of allylic oxidation sites excluding steroid dienone is 7. The molecule has 0 bridgehead atoms. The van der Waals surface area contributed by atoms with Crippen molar-refractivity contribution in [2.24, 2.45) is 5.92 Å². The quantitative estimate of drug-likeness (QED) is 0.0144. The summed E-state index contributed by atoms with van der Waals surface area (Å²) in [4.78, 5) is 53.0. The lowest BCUT2D eigenvalue weighted by atomic mass is 10.0. The highest BCUT2D eigenvalue weighted by Gasteiger charge is 2.28. The number of phosphoric acid groups is 2. The average molecular weight is 995 g/mol. The van der Waals surface area contributed by atoms with E-state index in [9.17, 15) is 38.9 Å². The number of aliphatic hydroxyl groups is 3. The highest BCUT2D eigenvalue weighted by molar-refractivity contribution is 7.47. The van der Waals surface area contributed by atoms with Gasteiger partial charge in [-0.1, -0.05) is 185 Å². The fourth-order valence-corrected chi connectivity index (χ4v) is 8.07. The Labute approximate surface area is 404 Å². The van der Waals surface area contributed by atoms with E-state index < -0.39 is 78.4 Å². The summed E-state index contributed by atoms with van der Waals surface area (Å²) >= 11 is 0. The van der Waals surface area contributed by atoms with Crippen molar-refractivity contribution < 1.29 is 71.8 Å². The van der Waals surface area contributed by atoms with Crippen LogP contribution in [0.25, 0.3) is 0 Å². The van der Waals surface area contributed by atoms with Gasteiger partial charge in [-0.25, -0.2) is 9.13 Å². The Hall–Kier alpha value is -2.00. The van der Waals surface area contributed by atoms with Crippen LogP contribution < -0.4 is 0 Å². The van der Waals surface area contributed by atoms with Gasteiger partial charge in [0.15, 0.2) is 6.10 Å². The predicted octanol–water partition coefficient (Wildman–Crippen LogP) is 11.6. The normalized spacial score (nSPS) is 15.3. The molecule has 0 radical (unpaired) electrons. The topological polar surface area (TPSA) is 236 Å². The second-order valence-corrected chi connectivity index (χ2v) is 20.5. The van der Waals surface area contributed by atoms with E-state index in [1.807, 2.05) is 12.2 Å². The number of carbonyl (C=O) groups excluding carboxylic acids is 2. The van der Waals surface area contributed by atoms with Gasteiger partial charge >= 0.3 is 27.6 Å². The molecule has 0 saturated carbocycles. The fraction of sp³-hybridized carbons (Fsp3) is 0.800. The van der Waals surface area contributed by atoms with Crippen LogP contribution in [0.15, 0.2) is 48.6 Å². The van der Waals surface area contributed by atoms with Crippen LogP contribution in [0.3, 0.4) is 0 Å². The maximum Gasteiger partial charge on any atom is 0.472 e. The third kappa shape index (κ3) is 47.5. The Morgan fingerprint density at radius 3 is 1.42 bits per heavy atom. The van der Waals surface area contributed by atoms with E-state index in [-0.39, 0.29) is 32.1 Å². The summed E-state index contributed by atoms with van der Waals surface area (Å²) in [6.45, 7) is 3.69. The Balaban J connectivity index is 4.59. The number of ether oxygens (including phenoxy) is 2. The van der Waals surface area contributed by atoms with E-state index in [0.717, 1.165) is 50.9 Å². The largest absolute Gasteiger partial charge is 0.472 e. The van der Waals surface area contributed by atoms with Crippen molar-refractivity contribution in [2.45, 2.75) is 225 Å². The SMILES string of the molecule is CC/C=C\C/C=C\C/C=C\C/C=C\C[C@H](O)[C@@H](O)CCCC(=O)OC[C@H](COP(=O)(O)OC[C@@H](O)COP(=O)(O)O)OC(=O)CCCCCCCCCCCCCCCCCCCCC(C)C. The van der Waals surface area contributed by atoms with Crippen LogP contribution in [0.2, 0.25) is 0 Å². The van der Waals surface area contributed by atoms with Gasteiger partial charge in [0.1, 0.15) is 12.7 Å². The van der Waals surface area contributed by atoms with Gasteiger partial charge in [-0.05, 0) is 57.3 Å². The Morgan fingerprint density at radius 1 is 0.493 bits per heavy atom. The van der Waals surface area contributed by atoms with Gasteiger partial charge in [0.05, 0.1) is 32.0 Å². The summed E-state index contributed by atoms with van der Waals surface area (Å²) in [6, 6.07) is 0. The zero-order chi connectivity index (χ0) is 49.9. The van der Waals surface area contributed by atoms with Crippen molar-refractivity contribution in [1.82, 2.24) is 0 Å². The van der Waals surface area contributed by atoms with Crippen LogP contribution in [0, 0.1) is 5.92 Å². The summed E-state index contributed by atoms with van der Waals surface area (Å²) in [5.41, 5.74) is 0. The lowest BCUT2D eigenvalue weighted by Gasteiger charge is -2.20. The standard InChI is InChI=1S/C50H92O15P2/c1-4-5-6-7-8-9-10-20-23-26-29-32-36-47(52)48(53)37-34-39-49(54)61-42-46(43-64-67(59,60)63-41-45(51)40-62-66(56,57)58)65-50(55)38-33-30-27-24-21-18-16-14-12-11-13-15-17-19-22-25-28-31-35-44(2)3/h5-6,8-9,20,23,29,32,44-48,51-53H,4,7,10-19,21-22,24-28,30-31,33-43H2,1-3H3,(H,59,60)(H2,56,57,58)/b6-5-,9-8-,23-20-,32-29-/t45-,46+,47-,48-/m0/s1. The van der Waals surface area contributed by atoms with Crippen LogP contribution >= 0.6 is 15.6 Å². The number of rotatable bonds is 47. The Bertz CT molecular complexity index is 1410. The zero-order valence-electron chi connectivity index (χ0n) is 41.4. The predicted molar refractivity (Wildman–Crippen MR) is 265 cm³/mol. The molecule has 1 unspecified atom stereocenters. The number of esters is 2. The van der Waals surface area contributed by atoms with E-state index in [4.69, 9.17) is 23.8 Å². The minimum Gasteiger partial charge on any atom is -0.462 e. The molecule has 17 heteroatoms. The van der Waals surface area contributed by atoms with Crippen molar-refractivity contribution in [1.29, 1.82) is 0 Å². The molecule has 0 aromatic heterocycles. The summed E-state index contributed by atoms with van der Waals surface area (Å²) in [6.07, 6.45) is 38.4.